The van der Waals surface area contributed by atoms with Gasteiger partial charge in [0.25, 0.3) is 0 Å². The van der Waals surface area contributed by atoms with E-state index < -0.39 is 0 Å². The molecule has 0 spiro atoms. The van der Waals surface area contributed by atoms with Crippen molar-refractivity contribution in [3.05, 3.63) is 66.4 Å². The van der Waals surface area contributed by atoms with Gasteiger partial charge in [-0.05, 0) is 42.5 Å². The molecule has 0 saturated heterocycles. The molecule has 0 aliphatic heterocycles. The Hall–Kier alpha value is -2.40. The second-order valence-corrected chi connectivity index (χ2v) is 5.21. The summed E-state index contributed by atoms with van der Waals surface area (Å²) in [5.74, 6) is 1.60. The van der Waals surface area contributed by atoms with Crippen LogP contribution in [0.5, 0.6) is 11.5 Å². The van der Waals surface area contributed by atoms with Crippen molar-refractivity contribution in [2.45, 2.75) is 6.54 Å². The molecule has 4 nitrogen and oxygen atoms in total. The highest BCUT2D eigenvalue weighted by molar-refractivity contribution is 8.93. The zero-order chi connectivity index (χ0) is 16.2. The highest BCUT2D eigenvalue weighted by Gasteiger charge is 2.15. The summed E-state index contributed by atoms with van der Waals surface area (Å²) >= 11 is 0. The van der Waals surface area contributed by atoms with Crippen LogP contribution in [0, 0.1) is 0 Å². The predicted molar refractivity (Wildman–Crippen MR) is 98.3 cm³/mol. The van der Waals surface area contributed by atoms with Gasteiger partial charge in [0.05, 0.1) is 19.6 Å². The molecule has 0 aliphatic rings. The summed E-state index contributed by atoms with van der Waals surface area (Å²) in [5.41, 5.74) is 1.67. The highest BCUT2D eigenvalue weighted by atomic mass is 79.9. The summed E-state index contributed by atoms with van der Waals surface area (Å²) in [4.78, 5) is 12.5. The molecule has 0 radical (unpaired) electrons. The molecule has 0 saturated carbocycles. The van der Waals surface area contributed by atoms with Gasteiger partial charge in [-0.3, -0.25) is 4.79 Å². The van der Waals surface area contributed by atoms with Crippen LogP contribution in [0.2, 0.25) is 0 Å². The fourth-order valence-electron chi connectivity index (χ4n) is 2.55. The first kappa shape index (κ1) is 17.9. The fraction of sp³-hybridized carbons (Fsp3) is 0.158. The standard InChI is InChI=1S/C19H18NO3.BrH/c1-22-16-7-5-14(6-8-16)19(21)13-20-11-3-4-15-12-17(23-2)9-10-18(15)20;/h3-12H,13H2,1-2H3;1H/q+1;. The van der Waals surface area contributed by atoms with E-state index in [2.05, 4.69) is 0 Å². The number of Topliss-reactive ketones (excluding diaryl/α,β-unsaturated/α-hetero) is 1. The number of rotatable bonds is 5. The second-order valence-electron chi connectivity index (χ2n) is 5.21. The fourth-order valence-corrected chi connectivity index (χ4v) is 2.55. The topological polar surface area (TPSA) is 39.4 Å². The molecule has 0 bridgehead atoms. The summed E-state index contributed by atoms with van der Waals surface area (Å²) in [6.45, 7) is 0.288. The summed E-state index contributed by atoms with van der Waals surface area (Å²) in [5, 5.41) is 1.04. The van der Waals surface area contributed by atoms with E-state index in [0.717, 1.165) is 22.4 Å². The Morgan fingerprint density at radius 2 is 1.62 bits per heavy atom. The van der Waals surface area contributed by atoms with Gasteiger partial charge < -0.3 is 9.47 Å². The molecule has 0 fully saturated rings. The molecular formula is C19H19BrNO3+. The van der Waals surface area contributed by atoms with Crippen LogP contribution in [0.15, 0.2) is 60.8 Å². The zero-order valence-electron chi connectivity index (χ0n) is 13.6. The van der Waals surface area contributed by atoms with E-state index in [1.165, 1.54) is 0 Å². The quantitative estimate of drug-likeness (QED) is 0.495. The third-order valence-corrected chi connectivity index (χ3v) is 3.81. The number of hydrogen-bond donors (Lipinski definition) is 0. The van der Waals surface area contributed by atoms with Crippen molar-refractivity contribution in [3.63, 3.8) is 0 Å². The molecule has 1 aromatic heterocycles. The first-order valence-electron chi connectivity index (χ1n) is 7.35. The Labute approximate surface area is 151 Å². The van der Waals surface area contributed by atoms with Crippen molar-refractivity contribution < 1.29 is 18.8 Å². The Kier molecular flexibility index (Phi) is 5.93. The number of fused-ring (bicyclic) bond motifs is 1. The van der Waals surface area contributed by atoms with Crippen LogP contribution in [-0.2, 0) is 6.54 Å². The van der Waals surface area contributed by atoms with E-state index in [1.54, 1.807) is 38.5 Å². The third-order valence-electron chi connectivity index (χ3n) is 3.81. The third kappa shape index (κ3) is 3.74. The molecule has 3 rings (SSSR count). The van der Waals surface area contributed by atoms with Crippen LogP contribution in [0.4, 0.5) is 0 Å². The first-order valence-corrected chi connectivity index (χ1v) is 7.35. The van der Waals surface area contributed by atoms with Gasteiger partial charge in [0.15, 0.2) is 6.20 Å². The molecule has 5 heteroatoms. The van der Waals surface area contributed by atoms with E-state index in [9.17, 15) is 4.79 Å². The van der Waals surface area contributed by atoms with E-state index in [0.29, 0.717) is 5.56 Å². The molecule has 0 unspecified atom stereocenters. The number of hydrogen-bond acceptors (Lipinski definition) is 3. The molecule has 0 amide bonds. The molecule has 0 aliphatic carbocycles. The monoisotopic (exact) mass is 388 g/mol. The first-order chi connectivity index (χ1) is 11.2. The summed E-state index contributed by atoms with van der Waals surface area (Å²) in [7, 11) is 3.25. The van der Waals surface area contributed by atoms with Gasteiger partial charge in [-0.25, -0.2) is 0 Å². The number of pyridine rings is 1. The van der Waals surface area contributed by atoms with Gasteiger partial charge >= 0.3 is 0 Å². The minimum Gasteiger partial charge on any atom is -0.497 e. The normalized spacial score (nSPS) is 10.1. The average Bonchev–Trinajstić information content (AvgIpc) is 2.61. The Morgan fingerprint density at radius 3 is 2.29 bits per heavy atom. The molecule has 2 aromatic carbocycles. The number of carbonyl (C=O) groups excluding carboxylic acids is 1. The van der Waals surface area contributed by atoms with Crippen LogP contribution in [0.3, 0.4) is 0 Å². The SMILES string of the molecule is Br.COc1ccc(C(=O)C[n+]2cccc3cc(OC)ccc32)cc1. The van der Waals surface area contributed by atoms with Crippen molar-refractivity contribution >= 4 is 33.7 Å². The Morgan fingerprint density at radius 1 is 0.958 bits per heavy atom. The smallest absolute Gasteiger partial charge is 0.227 e. The van der Waals surface area contributed by atoms with Gasteiger partial charge in [0.1, 0.15) is 11.5 Å². The van der Waals surface area contributed by atoms with Crippen LogP contribution in [-0.4, -0.2) is 20.0 Å². The van der Waals surface area contributed by atoms with Gasteiger partial charge in [-0.15, -0.1) is 17.0 Å². The lowest BCUT2D eigenvalue weighted by molar-refractivity contribution is -0.657. The van der Waals surface area contributed by atoms with Gasteiger partial charge in [0.2, 0.25) is 17.8 Å². The van der Waals surface area contributed by atoms with Crippen LogP contribution < -0.4 is 14.0 Å². The lowest BCUT2D eigenvalue weighted by Crippen LogP contribution is -2.38. The highest BCUT2D eigenvalue weighted by Crippen LogP contribution is 2.18. The molecular weight excluding hydrogens is 370 g/mol. The summed E-state index contributed by atoms with van der Waals surface area (Å²) in [6, 6.07) is 16.9. The zero-order valence-corrected chi connectivity index (χ0v) is 15.3. The number of methoxy groups -OCH3 is 2. The molecule has 0 N–H and O–H groups in total. The molecule has 3 aromatic rings. The van der Waals surface area contributed by atoms with Gasteiger partial charge in [-0.2, -0.15) is 4.57 Å². The van der Waals surface area contributed by atoms with Crippen molar-refractivity contribution in [2.75, 3.05) is 14.2 Å². The minimum absolute atomic E-state index is 0. The number of aromatic nitrogens is 1. The Balaban J connectivity index is 0.00000208. The summed E-state index contributed by atoms with van der Waals surface area (Å²) < 4.78 is 12.3. The number of nitrogens with zero attached hydrogens (tertiary/aromatic N) is 1. The van der Waals surface area contributed by atoms with Crippen molar-refractivity contribution in [1.82, 2.24) is 0 Å². The van der Waals surface area contributed by atoms with Gasteiger partial charge in [0, 0.05) is 17.7 Å². The maximum Gasteiger partial charge on any atom is 0.227 e. The maximum atomic E-state index is 12.5. The number of ketones is 1. The van der Waals surface area contributed by atoms with Crippen molar-refractivity contribution in [3.8, 4) is 11.5 Å². The van der Waals surface area contributed by atoms with E-state index in [-0.39, 0.29) is 29.3 Å². The second kappa shape index (κ2) is 7.93. The van der Waals surface area contributed by atoms with Crippen molar-refractivity contribution in [2.24, 2.45) is 0 Å². The number of halogens is 1. The average molecular weight is 389 g/mol. The largest absolute Gasteiger partial charge is 0.497 e. The number of benzene rings is 2. The molecule has 0 atom stereocenters. The van der Waals surface area contributed by atoms with E-state index in [4.69, 9.17) is 9.47 Å². The molecule has 1 heterocycles. The van der Waals surface area contributed by atoms with Gasteiger partial charge in [-0.1, -0.05) is 0 Å². The van der Waals surface area contributed by atoms with Crippen molar-refractivity contribution in [1.29, 1.82) is 0 Å². The lowest BCUT2D eigenvalue weighted by atomic mass is 10.1. The van der Waals surface area contributed by atoms with Crippen LogP contribution in [0.1, 0.15) is 10.4 Å². The Bertz CT molecular complexity index is 847. The maximum absolute atomic E-state index is 12.5. The number of ether oxygens (including phenoxy) is 2. The predicted octanol–water partition coefficient (Wildman–Crippen LogP) is 3.61. The lowest BCUT2D eigenvalue weighted by Gasteiger charge is -2.04. The number of carbonyl (C=O) groups is 1. The molecule has 124 valence electrons. The van der Waals surface area contributed by atoms with Crippen LogP contribution in [0.25, 0.3) is 10.9 Å². The van der Waals surface area contributed by atoms with E-state index in [1.807, 2.05) is 41.1 Å². The minimum atomic E-state index is 0. The molecule has 24 heavy (non-hydrogen) atoms. The van der Waals surface area contributed by atoms with E-state index >= 15 is 0 Å². The van der Waals surface area contributed by atoms with Crippen LogP contribution >= 0.6 is 17.0 Å². The summed E-state index contributed by atoms with van der Waals surface area (Å²) in [6.07, 6.45) is 1.91.